The first kappa shape index (κ1) is 25.6. The molecule has 6 rings (SSSR count). The van der Waals surface area contributed by atoms with Crippen LogP contribution >= 0.6 is 23.1 Å². The van der Waals surface area contributed by atoms with Crippen LogP contribution in [0.4, 0.5) is 11.4 Å². The molecule has 0 N–H and O–H groups in total. The molecule has 2 aromatic heterocycles. The molecule has 1 amide bonds. The van der Waals surface area contributed by atoms with Crippen LogP contribution in [0.15, 0.2) is 101 Å². The summed E-state index contributed by atoms with van der Waals surface area (Å²) < 4.78 is 1.80. The van der Waals surface area contributed by atoms with Gasteiger partial charge in [0.15, 0.2) is 5.16 Å². The second kappa shape index (κ2) is 11.6. The molecule has 0 spiro atoms. The average molecular weight is 552 g/mol. The van der Waals surface area contributed by atoms with Crippen molar-refractivity contribution in [3.8, 4) is 0 Å². The van der Waals surface area contributed by atoms with E-state index in [0.717, 1.165) is 53.7 Å². The highest BCUT2D eigenvalue weighted by molar-refractivity contribution is 7.99. The smallest absolute Gasteiger partial charge is 0.263 e. The number of amides is 1. The van der Waals surface area contributed by atoms with Gasteiger partial charge in [-0.1, -0.05) is 78.5 Å². The van der Waals surface area contributed by atoms with Crippen molar-refractivity contribution >= 4 is 50.6 Å². The summed E-state index contributed by atoms with van der Waals surface area (Å²) in [5, 5.41) is 1.39. The predicted molar refractivity (Wildman–Crippen MR) is 161 cm³/mol. The number of thioether (sulfide) groups is 1. The second-order valence-corrected chi connectivity index (χ2v) is 11.7. The number of fused-ring (bicyclic) bond motifs is 3. The van der Waals surface area contributed by atoms with Crippen molar-refractivity contribution < 1.29 is 4.79 Å². The van der Waals surface area contributed by atoms with Gasteiger partial charge in [0.25, 0.3) is 5.56 Å². The van der Waals surface area contributed by atoms with Gasteiger partial charge in [-0.15, -0.1) is 11.3 Å². The zero-order chi connectivity index (χ0) is 26.6. The highest BCUT2D eigenvalue weighted by Crippen LogP contribution is 2.35. The van der Waals surface area contributed by atoms with Crippen LogP contribution in [0.2, 0.25) is 0 Å². The summed E-state index contributed by atoms with van der Waals surface area (Å²) in [6.07, 6.45) is 4.96. The summed E-state index contributed by atoms with van der Waals surface area (Å²) in [7, 11) is 0. The zero-order valence-corrected chi connectivity index (χ0v) is 23.2. The number of carbonyl (C=O) groups is 1. The third-order valence-corrected chi connectivity index (χ3v) is 9.26. The average Bonchev–Trinajstić information content (AvgIpc) is 3.36. The van der Waals surface area contributed by atoms with Gasteiger partial charge in [0, 0.05) is 22.8 Å². The van der Waals surface area contributed by atoms with Gasteiger partial charge in [-0.3, -0.25) is 19.1 Å². The first-order valence-electron chi connectivity index (χ1n) is 13.3. The Hall–Kier alpha value is -3.68. The topological polar surface area (TPSA) is 55.2 Å². The standard InChI is InChI=1S/C32H29N3O2S2/c36-28(35(24-14-6-2-7-15-24)25-16-8-3-9-17-25)22-38-32-33-30-29(26-18-10-11-19-27(26)39-30)31(37)34(32)21-20-23-12-4-1-5-13-23/h1-9,12-17H,10-11,18-22H2. The lowest BCUT2D eigenvalue weighted by molar-refractivity contribution is -0.115. The first-order valence-corrected chi connectivity index (χ1v) is 15.1. The van der Waals surface area contributed by atoms with E-state index < -0.39 is 0 Å². The van der Waals surface area contributed by atoms with Gasteiger partial charge in [0.1, 0.15) is 4.83 Å². The van der Waals surface area contributed by atoms with Crippen LogP contribution in [-0.4, -0.2) is 21.2 Å². The van der Waals surface area contributed by atoms with Crippen molar-refractivity contribution in [2.75, 3.05) is 10.7 Å². The number of benzene rings is 3. The minimum atomic E-state index is -0.0631. The number of para-hydroxylation sites is 2. The lowest BCUT2D eigenvalue weighted by Gasteiger charge is -2.23. The van der Waals surface area contributed by atoms with E-state index in [1.807, 2.05) is 78.9 Å². The number of aryl methyl sites for hydroxylation is 3. The molecule has 0 unspecified atom stereocenters. The summed E-state index contributed by atoms with van der Waals surface area (Å²) >= 11 is 3.00. The van der Waals surface area contributed by atoms with Crippen LogP contribution < -0.4 is 10.5 Å². The first-order chi connectivity index (χ1) is 19.2. The maximum Gasteiger partial charge on any atom is 0.263 e. The highest BCUT2D eigenvalue weighted by Gasteiger charge is 2.24. The second-order valence-electron chi connectivity index (χ2n) is 9.67. The molecule has 0 saturated heterocycles. The molecule has 1 aliphatic carbocycles. The maximum atomic E-state index is 13.9. The van der Waals surface area contributed by atoms with Gasteiger partial charge in [-0.05, 0) is 67.5 Å². The molecule has 0 bridgehead atoms. The SMILES string of the molecule is O=C(CSc1nc2sc3c(c2c(=O)n1CCc1ccccc1)CCCC3)N(c1ccccc1)c1ccccc1. The summed E-state index contributed by atoms with van der Waals surface area (Å²) in [5.41, 5.74) is 4.01. The molecular weight excluding hydrogens is 523 g/mol. The van der Waals surface area contributed by atoms with E-state index in [2.05, 4.69) is 12.1 Å². The van der Waals surface area contributed by atoms with E-state index in [1.165, 1.54) is 27.8 Å². The van der Waals surface area contributed by atoms with Crippen molar-refractivity contribution in [2.24, 2.45) is 0 Å². The fourth-order valence-corrected chi connectivity index (χ4v) is 7.37. The van der Waals surface area contributed by atoms with Crippen molar-refractivity contribution in [1.82, 2.24) is 9.55 Å². The normalized spacial score (nSPS) is 12.8. The number of hydrogen-bond acceptors (Lipinski definition) is 5. The highest BCUT2D eigenvalue weighted by atomic mass is 32.2. The molecule has 3 aromatic carbocycles. The number of anilines is 2. The third kappa shape index (κ3) is 5.42. The summed E-state index contributed by atoms with van der Waals surface area (Å²) in [5.74, 6) is 0.102. The molecule has 196 valence electrons. The Morgan fingerprint density at radius 3 is 2.15 bits per heavy atom. The molecular formula is C32H29N3O2S2. The third-order valence-electron chi connectivity index (χ3n) is 7.11. The molecule has 0 atom stereocenters. The minimum absolute atomic E-state index is 0.0215. The summed E-state index contributed by atoms with van der Waals surface area (Å²) in [4.78, 5) is 36.5. The molecule has 0 saturated carbocycles. The molecule has 1 aliphatic rings. The van der Waals surface area contributed by atoms with Crippen molar-refractivity contribution in [1.29, 1.82) is 0 Å². The van der Waals surface area contributed by atoms with Crippen LogP contribution in [0.25, 0.3) is 10.2 Å². The van der Waals surface area contributed by atoms with Gasteiger partial charge >= 0.3 is 0 Å². The number of rotatable bonds is 8. The predicted octanol–water partition coefficient (Wildman–Crippen LogP) is 7.04. The minimum Gasteiger partial charge on any atom is -0.287 e. The van der Waals surface area contributed by atoms with E-state index in [9.17, 15) is 9.59 Å². The molecule has 5 nitrogen and oxygen atoms in total. The van der Waals surface area contributed by atoms with E-state index >= 15 is 0 Å². The van der Waals surface area contributed by atoms with E-state index in [0.29, 0.717) is 11.7 Å². The monoisotopic (exact) mass is 551 g/mol. The van der Waals surface area contributed by atoms with Gasteiger partial charge in [0.2, 0.25) is 5.91 Å². The molecule has 7 heteroatoms. The molecule has 0 radical (unpaired) electrons. The maximum absolute atomic E-state index is 13.9. The van der Waals surface area contributed by atoms with Gasteiger partial charge in [-0.2, -0.15) is 0 Å². The van der Waals surface area contributed by atoms with E-state index in [1.54, 1.807) is 20.8 Å². The zero-order valence-electron chi connectivity index (χ0n) is 21.6. The van der Waals surface area contributed by atoms with Crippen molar-refractivity contribution in [3.63, 3.8) is 0 Å². The van der Waals surface area contributed by atoms with Gasteiger partial charge in [0.05, 0.1) is 11.1 Å². The number of carbonyl (C=O) groups excluding carboxylic acids is 1. The quantitative estimate of drug-likeness (QED) is 0.153. The Bertz CT molecular complexity index is 1610. The van der Waals surface area contributed by atoms with Gasteiger partial charge in [-0.25, -0.2) is 4.98 Å². The van der Waals surface area contributed by atoms with Crippen LogP contribution in [0, 0.1) is 0 Å². The van der Waals surface area contributed by atoms with E-state index in [-0.39, 0.29) is 17.2 Å². The van der Waals surface area contributed by atoms with E-state index in [4.69, 9.17) is 4.98 Å². The van der Waals surface area contributed by atoms with Crippen molar-refractivity contribution in [2.45, 2.75) is 43.8 Å². The summed E-state index contributed by atoms with van der Waals surface area (Å²) in [6, 6.07) is 29.6. The van der Waals surface area contributed by atoms with Crippen LogP contribution in [0.3, 0.4) is 0 Å². The largest absolute Gasteiger partial charge is 0.287 e. The molecule has 5 aromatic rings. The Morgan fingerprint density at radius 1 is 0.872 bits per heavy atom. The van der Waals surface area contributed by atoms with Crippen LogP contribution in [0.5, 0.6) is 0 Å². The Morgan fingerprint density at radius 2 is 1.49 bits per heavy atom. The van der Waals surface area contributed by atoms with Gasteiger partial charge < -0.3 is 0 Å². The Kier molecular flexibility index (Phi) is 7.61. The number of aromatic nitrogens is 2. The van der Waals surface area contributed by atoms with Crippen LogP contribution in [-0.2, 0) is 30.6 Å². The number of hydrogen-bond donors (Lipinski definition) is 0. The molecule has 0 aliphatic heterocycles. The number of nitrogens with zero attached hydrogens (tertiary/aromatic N) is 3. The fourth-order valence-electron chi connectivity index (χ4n) is 5.19. The Balaban J connectivity index is 1.34. The lowest BCUT2D eigenvalue weighted by Crippen LogP contribution is -2.29. The summed E-state index contributed by atoms with van der Waals surface area (Å²) in [6.45, 7) is 0.522. The Labute approximate surface area is 236 Å². The molecule has 0 fully saturated rings. The fraction of sp³-hybridized carbons (Fsp3) is 0.219. The van der Waals surface area contributed by atoms with Crippen molar-refractivity contribution in [3.05, 3.63) is 117 Å². The molecule has 39 heavy (non-hydrogen) atoms. The lowest BCUT2D eigenvalue weighted by atomic mass is 9.97. The van der Waals surface area contributed by atoms with Crippen LogP contribution in [0.1, 0.15) is 28.8 Å². The molecule has 2 heterocycles. The number of thiophene rings is 1.